The summed E-state index contributed by atoms with van der Waals surface area (Å²) in [4.78, 5) is 57.0. The van der Waals surface area contributed by atoms with E-state index in [-0.39, 0.29) is 28.9 Å². The van der Waals surface area contributed by atoms with Gasteiger partial charge in [0.2, 0.25) is 0 Å². The highest BCUT2D eigenvalue weighted by atomic mass is 79.9. The Hall–Kier alpha value is -4.63. The van der Waals surface area contributed by atoms with Gasteiger partial charge in [0, 0.05) is 17.1 Å². The van der Waals surface area contributed by atoms with Crippen LogP contribution in [0, 0.1) is 0 Å². The normalized spacial score (nSPS) is 15.4. The van der Waals surface area contributed by atoms with E-state index in [1.165, 1.54) is 43.3 Å². The van der Waals surface area contributed by atoms with Crippen molar-refractivity contribution in [3.05, 3.63) is 141 Å². The lowest BCUT2D eigenvalue weighted by molar-refractivity contribution is -0.183. The van der Waals surface area contributed by atoms with Gasteiger partial charge < -0.3 is 4.74 Å². The zero-order valence-corrected chi connectivity index (χ0v) is 24.4. The van der Waals surface area contributed by atoms with E-state index < -0.39 is 35.0 Å². The average Bonchev–Trinajstić information content (AvgIpc) is 3.29. The predicted molar refractivity (Wildman–Crippen MR) is 157 cm³/mol. The van der Waals surface area contributed by atoms with Gasteiger partial charge in [-0.2, -0.15) is 0 Å². The van der Waals surface area contributed by atoms with E-state index in [2.05, 4.69) is 15.9 Å². The van der Waals surface area contributed by atoms with E-state index in [1.54, 1.807) is 72.8 Å². The van der Waals surface area contributed by atoms with Gasteiger partial charge in [-0.1, -0.05) is 101 Å². The Kier molecular flexibility index (Phi) is 7.79. The smallest absolute Gasteiger partial charge is 0.370 e. The van der Waals surface area contributed by atoms with Crippen molar-refractivity contribution < 1.29 is 28.3 Å². The molecule has 1 heterocycles. The standard InChI is InChI=1S/C33H26BrFN2O5/c1-32(23-17-19-25(34)20-18-23,37-28(38)26-15-9-10-16-27(26)29(37)39)30(40)36(2)33(35,24-13-7-4-8-14-24)31(41)42-21-22-11-5-3-6-12-22/h3-20H,21H2,1-2H3/t32-,33+/m0/s1. The van der Waals surface area contributed by atoms with Crippen molar-refractivity contribution in [2.45, 2.75) is 24.9 Å². The minimum absolute atomic E-state index is 0.123. The zero-order valence-electron chi connectivity index (χ0n) is 22.8. The lowest BCUT2D eigenvalue weighted by Gasteiger charge is -2.42. The quantitative estimate of drug-likeness (QED) is 0.136. The first-order valence-electron chi connectivity index (χ1n) is 13.1. The van der Waals surface area contributed by atoms with Crippen molar-refractivity contribution in [1.29, 1.82) is 0 Å². The van der Waals surface area contributed by atoms with Crippen molar-refractivity contribution in [2.75, 3.05) is 7.05 Å². The molecule has 0 N–H and O–H groups in total. The number of amides is 3. The molecule has 1 aliphatic heterocycles. The monoisotopic (exact) mass is 628 g/mol. The van der Waals surface area contributed by atoms with Gasteiger partial charge >= 0.3 is 11.8 Å². The van der Waals surface area contributed by atoms with Crippen LogP contribution in [-0.4, -0.2) is 40.5 Å². The number of halogens is 2. The summed E-state index contributed by atoms with van der Waals surface area (Å²) in [7, 11) is 1.12. The van der Waals surface area contributed by atoms with Gasteiger partial charge in [0.1, 0.15) is 6.61 Å². The van der Waals surface area contributed by atoms with Crippen LogP contribution in [-0.2, 0) is 32.3 Å². The van der Waals surface area contributed by atoms with Crippen LogP contribution in [0.2, 0.25) is 0 Å². The summed E-state index contributed by atoms with van der Waals surface area (Å²) in [5, 5.41) is 0. The number of hydrogen-bond acceptors (Lipinski definition) is 5. The number of alkyl halides is 1. The van der Waals surface area contributed by atoms with Crippen LogP contribution in [0.1, 0.15) is 44.3 Å². The highest BCUT2D eigenvalue weighted by Gasteiger charge is 2.58. The van der Waals surface area contributed by atoms with E-state index in [0.29, 0.717) is 14.9 Å². The minimum atomic E-state index is -3.11. The van der Waals surface area contributed by atoms with Crippen molar-refractivity contribution in [2.24, 2.45) is 0 Å². The summed E-state index contributed by atoms with van der Waals surface area (Å²) < 4.78 is 23.4. The molecule has 1 aliphatic rings. The summed E-state index contributed by atoms with van der Waals surface area (Å²) in [6.45, 7) is 1.14. The summed E-state index contributed by atoms with van der Waals surface area (Å²) in [6, 6.07) is 28.8. The number of imide groups is 1. The van der Waals surface area contributed by atoms with Gasteiger partial charge in [-0.3, -0.25) is 24.2 Å². The Morgan fingerprint density at radius 1 is 0.786 bits per heavy atom. The third kappa shape index (κ3) is 4.79. The van der Waals surface area contributed by atoms with Crippen LogP contribution >= 0.6 is 15.9 Å². The maximum Gasteiger partial charge on any atom is 0.370 e. The molecule has 0 fully saturated rings. The fourth-order valence-corrected chi connectivity index (χ4v) is 5.38. The SMILES string of the molecule is CN(C(=O)[C@](C)(c1ccc(Br)cc1)N1C(=O)c2ccccc2C1=O)[C@@](F)(C(=O)OCc1ccccc1)c1ccccc1. The molecule has 5 rings (SSSR count). The van der Waals surface area contributed by atoms with Gasteiger partial charge in [-0.25, -0.2) is 9.18 Å². The third-order valence-corrected chi connectivity index (χ3v) is 8.00. The second-order valence-electron chi connectivity index (χ2n) is 9.98. The molecule has 0 bridgehead atoms. The maximum absolute atomic E-state index is 17.4. The molecule has 0 saturated heterocycles. The van der Waals surface area contributed by atoms with Crippen molar-refractivity contribution in [3.8, 4) is 0 Å². The molecule has 9 heteroatoms. The number of nitrogens with zero attached hydrogens (tertiary/aromatic N) is 2. The van der Waals surface area contributed by atoms with E-state index in [9.17, 15) is 19.2 Å². The molecule has 0 radical (unpaired) electrons. The highest BCUT2D eigenvalue weighted by Crippen LogP contribution is 2.41. The first-order chi connectivity index (χ1) is 20.1. The van der Waals surface area contributed by atoms with E-state index in [0.717, 1.165) is 11.9 Å². The average molecular weight is 629 g/mol. The predicted octanol–water partition coefficient (Wildman–Crippen LogP) is 5.98. The molecule has 42 heavy (non-hydrogen) atoms. The maximum atomic E-state index is 17.4. The summed E-state index contributed by atoms with van der Waals surface area (Å²) in [6.07, 6.45) is 0. The Labute approximate surface area is 250 Å². The van der Waals surface area contributed by atoms with Crippen LogP contribution in [0.5, 0.6) is 0 Å². The molecule has 0 aromatic heterocycles. The number of hydrogen-bond donors (Lipinski definition) is 0. The number of likely N-dealkylation sites (N-methyl/N-ethyl adjacent to an activating group) is 1. The van der Waals surface area contributed by atoms with Gasteiger partial charge in [-0.15, -0.1) is 0 Å². The van der Waals surface area contributed by atoms with Crippen molar-refractivity contribution in [3.63, 3.8) is 0 Å². The molecule has 0 spiro atoms. The Balaban J connectivity index is 1.61. The van der Waals surface area contributed by atoms with Gasteiger partial charge in [0.05, 0.1) is 11.1 Å². The van der Waals surface area contributed by atoms with Gasteiger partial charge in [-0.05, 0) is 42.3 Å². The Morgan fingerprint density at radius 3 is 1.83 bits per heavy atom. The number of fused-ring (bicyclic) bond motifs is 1. The van der Waals surface area contributed by atoms with E-state index >= 15 is 4.39 Å². The molecular formula is C33H26BrFN2O5. The molecule has 3 amide bonds. The molecule has 212 valence electrons. The Morgan fingerprint density at radius 2 is 1.29 bits per heavy atom. The van der Waals surface area contributed by atoms with E-state index in [4.69, 9.17) is 4.74 Å². The molecular weight excluding hydrogens is 603 g/mol. The van der Waals surface area contributed by atoms with Crippen molar-refractivity contribution >= 4 is 39.6 Å². The molecule has 0 saturated carbocycles. The molecule has 4 aromatic carbocycles. The summed E-state index contributed by atoms with van der Waals surface area (Å²) >= 11 is 3.36. The topological polar surface area (TPSA) is 84.0 Å². The number of benzene rings is 4. The van der Waals surface area contributed by atoms with Crippen LogP contribution in [0.25, 0.3) is 0 Å². The number of carbonyl (C=O) groups excluding carboxylic acids is 4. The first-order valence-corrected chi connectivity index (χ1v) is 13.9. The lowest BCUT2D eigenvalue weighted by atomic mass is 9.87. The van der Waals surface area contributed by atoms with Crippen molar-refractivity contribution in [1.82, 2.24) is 9.80 Å². The molecule has 4 aromatic rings. The fraction of sp³-hybridized carbons (Fsp3) is 0.152. The second kappa shape index (κ2) is 11.3. The molecule has 7 nitrogen and oxygen atoms in total. The number of ether oxygens (including phenoxy) is 1. The summed E-state index contributed by atoms with van der Waals surface area (Å²) in [5.41, 5.74) is -1.09. The van der Waals surface area contributed by atoms with Crippen LogP contribution in [0.15, 0.2) is 114 Å². The molecule has 2 atom stereocenters. The number of esters is 1. The number of carbonyl (C=O) groups is 4. The van der Waals surface area contributed by atoms with E-state index in [1.807, 2.05) is 0 Å². The van der Waals surface area contributed by atoms with Gasteiger partial charge in [0.15, 0.2) is 5.54 Å². The second-order valence-corrected chi connectivity index (χ2v) is 10.9. The Bertz CT molecular complexity index is 1630. The third-order valence-electron chi connectivity index (χ3n) is 7.47. The number of rotatable bonds is 8. The molecule has 0 unspecified atom stereocenters. The first kappa shape index (κ1) is 28.9. The van der Waals surface area contributed by atoms with Crippen LogP contribution in [0.4, 0.5) is 4.39 Å². The fourth-order valence-electron chi connectivity index (χ4n) is 5.11. The molecule has 0 aliphatic carbocycles. The highest BCUT2D eigenvalue weighted by molar-refractivity contribution is 9.10. The lowest BCUT2D eigenvalue weighted by Crippen LogP contribution is -2.61. The largest absolute Gasteiger partial charge is 0.457 e. The van der Waals surface area contributed by atoms with Crippen LogP contribution in [0.3, 0.4) is 0 Å². The van der Waals surface area contributed by atoms with Gasteiger partial charge in [0.25, 0.3) is 17.7 Å². The zero-order chi connectivity index (χ0) is 30.1. The minimum Gasteiger partial charge on any atom is -0.457 e. The van der Waals surface area contributed by atoms with Crippen LogP contribution < -0.4 is 0 Å². The summed E-state index contributed by atoms with van der Waals surface area (Å²) in [5.74, 6) is -6.86.